The van der Waals surface area contributed by atoms with Crippen LogP contribution in [0.2, 0.25) is 0 Å². The van der Waals surface area contributed by atoms with Crippen LogP contribution < -0.4 is 5.32 Å². The molecule has 2 rings (SSSR count). The highest BCUT2D eigenvalue weighted by Gasteiger charge is 2.46. The van der Waals surface area contributed by atoms with Gasteiger partial charge in [0.15, 0.2) is 0 Å². The third-order valence-corrected chi connectivity index (χ3v) is 4.50. The van der Waals surface area contributed by atoms with Crippen molar-refractivity contribution < 1.29 is 19.1 Å². The highest BCUT2D eigenvalue weighted by molar-refractivity contribution is 5.97. The van der Waals surface area contributed by atoms with Gasteiger partial charge in [0.1, 0.15) is 17.7 Å². The van der Waals surface area contributed by atoms with E-state index in [9.17, 15) is 9.59 Å². The van der Waals surface area contributed by atoms with Gasteiger partial charge in [-0.2, -0.15) is 0 Å². The molecule has 6 nitrogen and oxygen atoms in total. The molecule has 2 amide bonds. The number of carbonyl (C=O) groups is 2. The Labute approximate surface area is 126 Å². The Bertz CT molecular complexity index is 404. The number of methoxy groups -OCH3 is 1. The third kappa shape index (κ3) is 3.06. The number of hydrogen-bond donors (Lipinski definition) is 1. The fourth-order valence-corrected chi connectivity index (χ4v) is 3.16. The van der Waals surface area contributed by atoms with Crippen LogP contribution in [0.5, 0.6) is 0 Å². The van der Waals surface area contributed by atoms with Crippen molar-refractivity contribution in [2.75, 3.05) is 26.9 Å². The van der Waals surface area contributed by atoms with Gasteiger partial charge in [0, 0.05) is 20.1 Å². The predicted molar refractivity (Wildman–Crippen MR) is 77.7 cm³/mol. The zero-order chi connectivity index (χ0) is 15.6. The van der Waals surface area contributed by atoms with E-state index in [1.807, 2.05) is 20.8 Å². The molecule has 2 heterocycles. The number of carbonyl (C=O) groups excluding carboxylic acids is 2. The van der Waals surface area contributed by atoms with E-state index in [2.05, 4.69) is 5.32 Å². The Morgan fingerprint density at radius 3 is 2.67 bits per heavy atom. The van der Waals surface area contributed by atoms with Crippen LogP contribution in [0.4, 0.5) is 0 Å². The lowest BCUT2D eigenvalue weighted by Gasteiger charge is -2.44. The summed E-state index contributed by atoms with van der Waals surface area (Å²) in [7, 11) is 1.64. The fraction of sp³-hybridized carbons (Fsp3) is 0.867. The number of rotatable bonds is 5. The first kappa shape index (κ1) is 16.2. The van der Waals surface area contributed by atoms with Gasteiger partial charge in [0.25, 0.3) is 0 Å². The van der Waals surface area contributed by atoms with Crippen LogP contribution in [-0.4, -0.2) is 61.3 Å². The second-order valence-electron chi connectivity index (χ2n) is 6.31. The molecule has 0 bridgehead atoms. The lowest BCUT2D eigenvalue weighted by Crippen LogP contribution is -2.67. The van der Waals surface area contributed by atoms with Gasteiger partial charge in [-0.1, -0.05) is 20.8 Å². The molecular formula is C15H26N2O4. The Kier molecular flexibility index (Phi) is 4.88. The molecule has 0 aromatic heterocycles. The summed E-state index contributed by atoms with van der Waals surface area (Å²) >= 11 is 0. The molecule has 0 aromatic carbocycles. The Hall–Kier alpha value is -1.14. The van der Waals surface area contributed by atoms with E-state index in [0.717, 1.165) is 6.42 Å². The Balaban J connectivity index is 2.25. The van der Waals surface area contributed by atoms with Crippen molar-refractivity contribution in [2.24, 2.45) is 5.92 Å². The van der Waals surface area contributed by atoms with E-state index < -0.39 is 17.7 Å². The number of ether oxygens (including phenoxy) is 2. The summed E-state index contributed by atoms with van der Waals surface area (Å²) in [6, 6.07) is -0.864. The summed E-state index contributed by atoms with van der Waals surface area (Å²) in [5.74, 6) is -0.0243. The zero-order valence-electron chi connectivity index (χ0n) is 13.3. The average molecular weight is 298 g/mol. The molecular weight excluding hydrogens is 272 g/mol. The van der Waals surface area contributed by atoms with Crippen molar-refractivity contribution in [3.8, 4) is 0 Å². The molecule has 0 radical (unpaired) electrons. The summed E-state index contributed by atoms with van der Waals surface area (Å²) in [6.45, 7) is 7.33. The van der Waals surface area contributed by atoms with Gasteiger partial charge in [0.2, 0.25) is 11.8 Å². The maximum atomic E-state index is 12.7. The Morgan fingerprint density at radius 2 is 2.19 bits per heavy atom. The monoisotopic (exact) mass is 298 g/mol. The number of nitrogens with one attached hydrogen (secondary N) is 1. The van der Waals surface area contributed by atoms with Crippen LogP contribution in [0.25, 0.3) is 0 Å². The summed E-state index contributed by atoms with van der Waals surface area (Å²) in [5.41, 5.74) is -0.487. The van der Waals surface area contributed by atoms with Crippen molar-refractivity contribution in [1.29, 1.82) is 0 Å². The fourth-order valence-electron chi connectivity index (χ4n) is 3.16. The second-order valence-corrected chi connectivity index (χ2v) is 6.31. The van der Waals surface area contributed by atoms with Gasteiger partial charge >= 0.3 is 0 Å². The minimum absolute atomic E-state index is 0.0147. The first-order valence-corrected chi connectivity index (χ1v) is 7.68. The molecule has 0 saturated carbocycles. The first-order chi connectivity index (χ1) is 9.94. The molecule has 0 aliphatic carbocycles. The summed E-state index contributed by atoms with van der Waals surface area (Å²) < 4.78 is 11.1. The van der Waals surface area contributed by atoms with Gasteiger partial charge in [-0.3, -0.25) is 9.59 Å². The van der Waals surface area contributed by atoms with Gasteiger partial charge in [-0.15, -0.1) is 0 Å². The molecule has 3 unspecified atom stereocenters. The standard InChI is InChI=1S/C15H26N2O4/c1-5-11-14(19)17(12(10(2)3)13(18)16-11)8-15(20-4)6-7-21-9-15/h10-12H,5-9H2,1-4H3,(H,16,18). The summed E-state index contributed by atoms with van der Waals surface area (Å²) in [4.78, 5) is 26.7. The lowest BCUT2D eigenvalue weighted by atomic mass is 9.93. The van der Waals surface area contributed by atoms with Crippen LogP contribution in [-0.2, 0) is 19.1 Å². The molecule has 0 spiro atoms. The highest BCUT2D eigenvalue weighted by Crippen LogP contribution is 2.28. The Morgan fingerprint density at radius 1 is 1.48 bits per heavy atom. The van der Waals surface area contributed by atoms with Crippen LogP contribution in [0.1, 0.15) is 33.6 Å². The largest absolute Gasteiger partial charge is 0.378 e. The number of nitrogens with zero attached hydrogens (tertiary/aromatic N) is 1. The molecule has 2 saturated heterocycles. The highest BCUT2D eigenvalue weighted by atomic mass is 16.5. The number of piperazine rings is 1. The van der Waals surface area contributed by atoms with Crippen LogP contribution in [0.15, 0.2) is 0 Å². The van der Waals surface area contributed by atoms with Crippen molar-refractivity contribution in [3.05, 3.63) is 0 Å². The van der Waals surface area contributed by atoms with Gasteiger partial charge in [-0.05, 0) is 12.3 Å². The topological polar surface area (TPSA) is 67.9 Å². The number of hydrogen-bond acceptors (Lipinski definition) is 4. The molecule has 0 aromatic rings. The van der Waals surface area contributed by atoms with Crippen molar-refractivity contribution in [2.45, 2.75) is 51.3 Å². The predicted octanol–water partition coefficient (Wildman–Crippen LogP) is 0.554. The zero-order valence-corrected chi connectivity index (χ0v) is 13.3. The van der Waals surface area contributed by atoms with Crippen LogP contribution in [0.3, 0.4) is 0 Å². The first-order valence-electron chi connectivity index (χ1n) is 7.68. The molecule has 120 valence electrons. The minimum atomic E-state index is -0.487. The van der Waals surface area contributed by atoms with E-state index in [-0.39, 0.29) is 17.7 Å². The SMILES string of the molecule is CCC1NC(=O)C(C(C)C)N(CC2(OC)CCOC2)C1=O. The van der Waals surface area contributed by atoms with E-state index in [1.54, 1.807) is 12.0 Å². The van der Waals surface area contributed by atoms with Crippen molar-refractivity contribution in [1.82, 2.24) is 10.2 Å². The van der Waals surface area contributed by atoms with Crippen LogP contribution in [0, 0.1) is 5.92 Å². The number of amides is 2. The summed E-state index contributed by atoms with van der Waals surface area (Å²) in [6.07, 6.45) is 1.35. The second kappa shape index (κ2) is 6.32. The minimum Gasteiger partial charge on any atom is -0.378 e. The van der Waals surface area contributed by atoms with E-state index in [4.69, 9.17) is 9.47 Å². The van der Waals surface area contributed by atoms with E-state index >= 15 is 0 Å². The van der Waals surface area contributed by atoms with Gasteiger partial charge in [-0.25, -0.2) is 0 Å². The maximum Gasteiger partial charge on any atom is 0.245 e. The molecule has 2 fully saturated rings. The van der Waals surface area contributed by atoms with Gasteiger partial charge < -0.3 is 19.7 Å². The molecule has 1 N–H and O–H groups in total. The molecule has 21 heavy (non-hydrogen) atoms. The van der Waals surface area contributed by atoms with E-state index in [1.165, 1.54) is 0 Å². The van der Waals surface area contributed by atoms with Gasteiger partial charge in [0.05, 0.1) is 13.2 Å². The van der Waals surface area contributed by atoms with Crippen molar-refractivity contribution in [3.63, 3.8) is 0 Å². The molecule has 2 aliphatic rings. The molecule has 2 aliphatic heterocycles. The summed E-state index contributed by atoms with van der Waals surface area (Å²) in [5, 5.41) is 2.83. The normalized spacial score (nSPS) is 33.7. The quantitative estimate of drug-likeness (QED) is 0.805. The third-order valence-electron chi connectivity index (χ3n) is 4.50. The van der Waals surface area contributed by atoms with Crippen molar-refractivity contribution >= 4 is 11.8 Å². The molecule has 6 heteroatoms. The molecule has 3 atom stereocenters. The smallest absolute Gasteiger partial charge is 0.245 e. The van der Waals surface area contributed by atoms with E-state index in [0.29, 0.717) is 26.2 Å². The average Bonchev–Trinajstić information content (AvgIpc) is 2.91. The van der Waals surface area contributed by atoms with Crippen LogP contribution >= 0.6 is 0 Å². The maximum absolute atomic E-state index is 12.7. The lowest BCUT2D eigenvalue weighted by molar-refractivity contribution is -0.156.